The SMILES string of the molecule is CCCCOC(=O)NC(=N)c1ccc(NCc2nc3cc(C(=O)N(CCC(=O)OC)c4ccccn4)ccc3n2C)cc1. The van der Waals surface area contributed by atoms with Gasteiger partial charge in [-0.2, -0.15) is 0 Å². The number of alkyl carbamates (subject to hydrolysis) is 1. The van der Waals surface area contributed by atoms with Crippen molar-refractivity contribution in [3.05, 3.63) is 83.8 Å². The quantitative estimate of drug-likeness (QED) is 0.0941. The molecule has 0 aliphatic heterocycles. The molecule has 12 nitrogen and oxygen atoms in total. The first-order valence-corrected chi connectivity index (χ1v) is 13.9. The van der Waals surface area contributed by atoms with Crippen molar-refractivity contribution in [2.24, 2.45) is 7.05 Å². The lowest BCUT2D eigenvalue weighted by Gasteiger charge is -2.21. The Morgan fingerprint density at radius 2 is 1.81 bits per heavy atom. The van der Waals surface area contributed by atoms with Gasteiger partial charge in [0.15, 0.2) is 0 Å². The van der Waals surface area contributed by atoms with Crippen LogP contribution in [-0.2, 0) is 27.9 Å². The minimum absolute atomic E-state index is 0.0324. The number of hydrogen-bond donors (Lipinski definition) is 3. The Kier molecular flexibility index (Phi) is 10.4. The average Bonchev–Trinajstić information content (AvgIpc) is 3.34. The number of ether oxygens (including phenoxy) is 2. The smallest absolute Gasteiger partial charge is 0.412 e. The van der Waals surface area contributed by atoms with Crippen LogP contribution >= 0.6 is 0 Å². The molecule has 2 aromatic carbocycles. The molecule has 0 unspecified atom stereocenters. The molecule has 0 saturated heterocycles. The van der Waals surface area contributed by atoms with Crippen molar-refractivity contribution >= 4 is 46.3 Å². The monoisotopic (exact) mass is 585 g/mol. The Balaban J connectivity index is 1.43. The Morgan fingerprint density at radius 3 is 2.51 bits per heavy atom. The average molecular weight is 586 g/mol. The van der Waals surface area contributed by atoms with E-state index in [2.05, 4.69) is 15.6 Å². The number of amides is 2. The number of methoxy groups -OCH3 is 1. The van der Waals surface area contributed by atoms with E-state index in [1.807, 2.05) is 36.7 Å². The predicted molar refractivity (Wildman–Crippen MR) is 163 cm³/mol. The van der Waals surface area contributed by atoms with E-state index in [4.69, 9.17) is 19.9 Å². The number of aryl methyl sites for hydroxylation is 1. The van der Waals surface area contributed by atoms with Crippen molar-refractivity contribution in [1.29, 1.82) is 5.41 Å². The molecular formula is C31H35N7O5. The van der Waals surface area contributed by atoms with E-state index < -0.39 is 12.1 Å². The van der Waals surface area contributed by atoms with Crippen LogP contribution in [0, 0.1) is 5.41 Å². The molecule has 0 aliphatic carbocycles. The van der Waals surface area contributed by atoms with Gasteiger partial charge in [-0.25, -0.2) is 14.8 Å². The van der Waals surface area contributed by atoms with Gasteiger partial charge in [0.05, 0.1) is 37.7 Å². The van der Waals surface area contributed by atoms with Gasteiger partial charge in [-0.15, -0.1) is 0 Å². The number of nitrogens with zero attached hydrogens (tertiary/aromatic N) is 4. The lowest BCUT2D eigenvalue weighted by Crippen LogP contribution is -2.33. The minimum Gasteiger partial charge on any atom is -0.469 e. The normalized spacial score (nSPS) is 10.7. The molecule has 0 atom stereocenters. The van der Waals surface area contributed by atoms with Gasteiger partial charge in [-0.3, -0.25) is 25.2 Å². The highest BCUT2D eigenvalue weighted by Crippen LogP contribution is 2.21. The summed E-state index contributed by atoms with van der Waals surface area (Å²) in [4.78, 5) is 47.6. The van der Waals surface area contributed by atoms with Crippen molar-refractivity contribution in [2.75, 3.05) is 30.5 Å². The first kappa shape index (κ1) is 30.7. The van der Waals surface area contributed by atoms with E-state index in [1.165, 1.54) is 12.0 Å². The summed E-state index contributed by atoms with van der Waals surface area (Å²) in [6, 6.07) is 17.7. The highest BCUT2D eigenvalue weighted by Gasteiger charge is 2.21. The fourth-order valence-corrected chi connectivity index (χ4v) is 4.29. The number of hydrogen-bond acceptors (Lipinski definition) is 9. The van der Waals surface area contributed by atoms with E-state index in [0.717, 1.165) is 29.9 Å². The summed E-state index contributed by atoms with van der Waals surface area (Å²) in [5.74, 6) is 0.425. The lowest BCUT2D eigenvalue weighted by atomic mass is 10.1. The third kappa shape index (κ3) is 7.94. The van der Waals surface area contributed by atoms with Gasteiger partial charge in [0, 0.05) is 36.6 Å². The molecule has 12 heteroatoms. The number of pyridine rings is 1. The van der Waals surface area contributed by atoms with Gasteiger partial charge in [0.25, 0.3) is 5.91 Å². The maximum atomic E-state index is 13.5. The van der Waals surface area contributed by atoms with Crippen molar-refractivity contribution in [3.63, 3.8) is 0 Å². The molecule has 2 heterocycles. The fraction of sp³-hybridized carbons (Fsp3) is 0.290. The second kappa shape index (κ2) is 14.6. The second-order valence-electron chi connectivity index (χ2n) is 9.68. The standard InChI is InChI=1S/C31H35N7O5/c1-4-5-18-43-31(41)36-29(32)21-9-12-23(13-10-21)34-20-27-35-24-19-22(11-14-25(24)37(27)2)30(40)38(17-15-28(39)42-3)26-8-6-7-16-33-26/h6-14,16,19,34H,4-5,15,17-18,20H2,1-3H3,(H2,32,36,41). The molecule has 0 radical (unpaired) electrons. The number of nitrogens with one attached hydrogen (secondary N) is 3. The number of esters is 1. The van der Waals surface area contributed by atoms with Crippen molar-refractivity contribution < 1.29 is 23.9 Å². The number of carbonyl (C=O) groups is 3. The van der Waals surface area contributed by atoms with E-state index in [1.54, 1.807) is 48.7 Å². The van der Waals surface area contributed by atoms with Crippen LogP contribution in [0.25, 0.3) is 11.0 Å². The molecule has 3 N–H and O–H groups in total. The molecule has 0 bridgehead atoms. The maximum absolute atomic E-state index is 13.5. The number of amidine groups is 1. The first-order chi connectivity index (χ1) is 20.8. The van der Waals surface area contributed by atoms with E-state index in [0.29, 0.717) is 35.6 Å². The van der Waals surface area contributed by atoms with Crippen LogP contribution in [0.3, 0.4) is 0 Å². The summed E-state index contributed by atoms with van der Waals surface area (Å²) >= 11 is 0. The van der Waals surface area contributed by atoms with Gasteiger partial charge in [0.1, 0.15) is 17.5 Å². The molecule has 0 fully saturated rings. The van der Waals surface area contributed by atoms with E-state index >= 15 is 0 Å². The first-order valence-electron chi connectivity index (χ1n) is 13.9. The largest absolute Gasteiger partial charge is 0.469 e. The van der Waals surface area contributed by atoms with Gasteiger partial charge in [-0.1, -0.05) is 19.4 Å². The third-order valence-electron chi connectivity index (χ3n) is 6.74. The summed E-state index contributed by atoms with van der Waals surface area (Å²) < 4.78 is 11.7. The zero-order valence-electron chi connectivity index (χ0n) is 24.4. The molecular weight excluding hydrogens is 550 g/mol. The predicted octanol–water partition coefficient (Wildman–Crippen LogP) is 4.64. The van der Waals surface area contributed by atoms with Gasteiger partial charge in [0.2, 0.25) is 0 Å². The van der Waals surface area contributed by atoms with Crippen LogP contribution in [0.1, 0.15) is 47.9 Å². The molecule has 2 amide bonds. The lowest BCUT2D eigenvalue weighted by molar-refractivity contribution is -0.140. The van der Waals surface area contributed by atoms with Crippen LogP contribution in [0.4, 0.5) is 16.3 Å². The van der Waals surface area contributed by atoms with E-state index in [9.17, 15) is 14.4 Å². The summed E-state index contributed by atoms with van der Waals surface area (Å²) in [6.07, 6.45) is 2.67. The Labute approximate surface area is 249 Å². The number of fused-ring (bicyclic) bond motifs is 1. The summed E-state index contributed by atoms with van der Waals surface area (Å²) in [7, 11) is 3.21. The summed E-state index contributed by atoms with van der Waals surface area (Å²) in [5.41, 5.74) is 3.28. The van der Waals surface area contributed by atoms with Crippen LogP contribution in [0.5, 0.6) is 0 Å². The molecule has 4 aromatic rings. The molecule has 0 aliphatic rings. The topological polar surface area (TPSA) is 152 Å². The van der Waals surface area contributed by atoms with Crippen molar-refractivity contribution in [3.8, 4) is 0 Å². The highest BCUT2D eigenvalue weighted by molar-refractivity contribution is 6.07. The molecule has 0 spiro atoms. The Morgan fingerprint density at radius 1 is 1.05 bits per heavy atom. The number of unbranched alkanes of at least 4 members (excludes halogenated alkanes) is 1. The summed E-state index contributed by atoms with van der Waals surface area (Å²) in [5, 5.41) is 13.9. The number of rotatable bonds is 12. The molecule has 43 heavy (non-hydrogen) atoms. The van der Waals surface area contributed by atoms with Gasteiger partial charge in [-0.05, 0) is 61.0 Å². The number of imidazole rings is 1. The zero-order chi connectivity index (χ0) is 30.8. The molecule has 0 saturated carbocycles. The van der Waals surface area contributed by atoms with Crippen molar-refractivity contribution in [1.82, 2.24) is 19.9 Å². The number of anilines is 2. The maximum Gasteiger partial charge on any atom is 0.412 e. The van der Waals surface area contributed by atoms with Crippen molar-refractivity contribution in [2.45, 2.75) is 32.7 Å². The molecule has 4 rings (SSSR count). The highest BCUT2D eigenvalue weighted by atomic mass is 16.5. The second-order valence-corrected chi connectivity index (χ2v) is 9.68. The van der Waals surface area contributed by atoms with Crippen LogP contribution in [0.2, 0.25) is 0 Å². The zero-order valence-corrected chi connectivity index (χ0v) is 24.4. The van der Waals surface area contributed by atoms with Crippen LogP contribution in [0.15, 0.2) is 66.9 Å². The number of aromatic nitrogens is 3. The fourth-order valence-electron chi connectivity index (χ4n) is 4.29. The Bertz CT molecular complexity index is 1590. The number of benzene rings is 2. The Hall–Kier alpha value is -5.26. The summed E-state index contributed by atoms with van der Waals surface area (Å²) in [6.45, 7) is 2.85. The van der Waals surface area contributed by atoms with Crippen LogP contribution < -0.4 is 15.5 Å². The van der Waals surface area contributed by atoms with Gasteiger partial charge >= 0.3 is 12.1 Å². The van der Waals surface area contributed by atoms with Gasteiger partial charge < -0.3 is 19.4 Å². The number of carbonyl (C=O) groups excluding carboxylic acids is 3. The molecule has 2 aromatic heterocycles. The van der Waals surface area contributed by atoms with E-state index in [-0.39, 0.29) is 24.7 Å². The minimum atomic E-state index is -0.641. The third-order valence-corrected chi connectivity index (χ3v) is 6.74. The molecule has 224 valence electrons. The van der Waals surface area contributed by atoms with Crippen LogP contribution in [-0.4, -0.2) is 58.6 Å².